The number of esters is 2. The molecule has 0 bridgehead atoms. The van der Waals surface area contributed by atoms with Crippen LogP contribution >= 0.6 is 0 Å². The number of amides is 2. The van der Waals surface area contributed by atoms with Gasteiger partial charge in [0, 0.05) is 12.6 Å². The number of rotatable bonds is 11. The zero-order valence-corrected chi connectivity index (χ0v) is 21.4. The van der Waals surface area contributed by atoms with Crippen LogP contribution in [0.3, 0.4) is 0 Å². The number of nitrogens with one attached hydrogen (secondary N) is 3. The van der Waals surface area contributed by atoms with Crippen LogP contribution in [0, 0.1) is 0 Å². The molecule has 0 spiro atoms. The number of hydrogen-bond donors (Lipinski definition) is 4. The van der Waals surface area contributed by atoms with Gasteiger partial charge in [-0.3, -0.25) is 10.2 Å². The highest BCUT2D eigenvalue weighted by Crippen LogP contribution is 2.34. The van der Waals surface area contributed by atoms with Crippen molar-refractivity contribution in [2.75, 3.05) is 20.3 Å². The number of urea groups is 1. The number of carbonyl (C=O) groups is 3. The number of aliphatic hydroxyl groups excluding tert-OH is 1. The standard InChI is InChI=1S/C26H30N4O8/c1-5-36-21-12-18(24-23(25(33)35-4)15(2)28-26(34)29-24)9-10-20(21)37-14-22(32)30-27-13-17-7-6-8-19(11-17)38-16(3)31/h6-13,22,24,30,32H,5,14H2,1-4H3,(H2,28,29,34)/b27-13+/t22-,24+/m0/s1. The lowest BCUT2D eigenvalue weighted by molar-refractivity contribution is -0.136. The summed E-state index contributed by atoms with van der Waals surface area (Å²) < 4.78 is 21.3. The summed E-state index contributed by atoms with van der Waals surface area (Å²) in [6, 6.07) is 10.5. The van der Waals surface area contributed by atoms with Gasteiger partial charge in [-0.1, -0.05) is 18.2 Å². The molecule has 3 rings (SSSR count). The molecule has 0 aliphatic carbocycles. The van der Waals surface area contributed by atoms with E-state index in [1.807, 2.05) is 0 Å². The predicted molar refractivity (Wildman–Crippen MR) is 137 cm³/mol. The maximum Gasteiger partial charge on any atom is 0.337 e. The van der Waals surface area contributed by atoms with E-state index >= 15 is 0 Å². The fraction of sp³-hybridized carbons (Fsp3) is 0.308. The lowest BCUT2D eigenvalue weighted by Crippen LogP contribution is -2.45. The Morgan fingerprint density at radius 3 is 2.68 bits per heavy atom. The van der Waals surface area contributed by atoms with Gasteiger partial charge < -0.3 is 34.7 Å². The third-order valence-corrected chi connectivity index (χ3v) is 5.23. The Labute approximate surface area is 219 Å². The monoisotopic (exact) mass is 526 g/mol. The largest absolute Gasteiger partial charge is 0.490 e. The Balaban J connectivity index is 1.68. The van der Waals surface area contributed by atoms with Crippen molar-refractivity contribution in [3.63, 3.8) is 0 Å². The second-order valence-corrected chi connectivity index (χ2v) is 8.08. The Hall–Kier alpha value is -4.58. The summed E-state index contributed by atoms with van der Waals surface area (Å²) in [7, 11) is 1.27. The van der Waals surface area contributed by atoms with Crippen LogP contribution < -0.4 is 30.3 Å². The highest BCUT2D eigenvalue weighted by atomic mass is 16.5. The summed E-state index contributed by atoms with van der Waals surface area (Å²) in [5.74, 6) is 0.0738. The molecule has 1 aliphatic heterocycles. The Morgan fingerprint density at radius 1 is 1.18 bits per heavy atom. The van der Waals surface area contributed by atoms with Gasteiger partial charge >= 0.3 is 18.0 Å². The molecule has 2 aromatic rings. The van der Waals surface area contributed by atoms with E-state index in [9.17, 15) is 19.5 Å². The second-order valence-electron chi connectivity index (χ2n) is 8.08. The van der Waals surface area contributed by atoms with E-state index in [0.717, 1.165) is 0 Å². The van der Waals surface area contributed by atoms with Crippen LogP contribution in [0.4, 0.5) is 4.79 Å². The fourth-order valence-electron chi connectivity index (χ4n) is 3.64. The third kappa shape index (κ3) is 7.46. The summed E-state index contributed by atoms with van der Waals surface area (Å²) in [5, 5.41) is 19.5. The van der Waals surface area contributed by atoms with Gasteiger partial charge in [0.25, 0.3) is 0 Å². The first-order valence-electron chi connectivity index (χ1n) is 11.7. The number of methoxy groups -OCH3 is 1. The van der Waals surface area contributed by atoms with Crippen molar-refractivity contribution in [3.05, 3.63) is 64.9 Å². The summed E-state index contributed by atoms with van der Waals surface area (Å²) in [6.45, 7) is 4.89. The highest BCUT2D eigenvalue weighted by molar-refractivity contribution is 5.95. The molecule has 0 saturated carbocycles. The number of aliphatic hydroxyl groups is 1. The molecule has 2 amide bonds. The predicted octanol–water partition coefficient (Wildman–Crippen LogP) is 2.13. The molecule has 0 unspecified atom stereocenters. The summed E-state index contributed by atoms with van der Waals surface area (Å²) in [4.78, 5) is 35.5. The topological polar surface area (TPSA) is 157 Å². The molecule has 202 valence electrons. The van der Waals surface area contributed by atoms with E-state index < -0.39 is 30.2 Å². The number of nitrogens with zero attached hydrogens (tertiary/aromatic N) is 1. The molecule has 0 radical (unpaired) electrons. The van der Waals surface area contributed by atoms with E-state index in [-0.39, 0.29) is 12.2 Å². The summed E-state index contributed by atoms with van der Waals surface area (Å²) >= 11 is 0. The van der Waals surface area contributed by atoms with E-state index in [4.69, 9.17) is 18.9 Å². The molecule has 2 atom stereocenters. The van der Waals surface area contributed by atoms with Crippen molar-refractivity contribution in [2.24, 2.45) is 5.10 Å². The number of hydrazone groups is 1. The molecule has 12 nitrogen and oxygen atoms in total. The number of benzene rings is 2. The molecule has 4 N–H and O–H groups in total. The maximum absolute atomic E-state index is 12.4. The second kappa shape index (κ2) is 13.1. The van der Waals surface area contributed by atoms with E-state index in [2.05, 4.69) is 21.2 Å². The van der Waals surface area contributed by atoms with E-state index in [1.165, 1.54) is 20.2 Å². The molecule has 38 heavy (non-hydrogen) atoms. The quantitative estimate of drug-likeness (QED) is 0.113. The van der Waals surface area contributed by atoms with Crippen molar-refractivity contribution in [3.8, 4) is 17.2 Å². The van der Waals surface area contributed by atoms with Crippen LogP contribution in [0.5, 0.6) is 17.2 Å². The Morgan fingerprint density at radius 2 is 1.97 bits per heavy atom. The van der Waals surface area contributed by atoms with E-state index in [1.54, 1.807) is 56.3 Å². The van der Waals surface area contributed by atoms with Crippen LogP contribution in [-0.2, 0) is 14.3 Å². The minimum absolute atomic E-state index is 0.166. The molecule has 0 saturated heterocycles. The summed E-state index contributed by atoms with van der Waals surface area (Å²) in [5.41, 5.74) is 4.43. The lowest BCUT2D eigenvalue weighted by Gasteiger charge is -2.28. The molecule has 1 aliphatic rings. The van der Waals surface area contributed by atoms with Crippen molar-refractivity contribution in [1.29, 1.82) is 0 Å². The summed E-state index contributed by atoms with van der Waals surface area (Å²) in [6.07, 6.45) is 0.301. The molecular formula is C26H30N4O8. The number of ether oxygens (including phenoxy) is 4. The molecule has 2 aromatic carbocycles. The average Bonchev–Trinajstić information content (AvgIpc) is 2.87. The average molecular weight is 527 g/mol. The molecule has 1 heterocycles. The first kappa shape index (κ1) is 28.0. The third-order valence-electron chi connectivity index (χ3n) is 5.23. The highest BCUT2D eigenvalue weighted by Gasteiger charge is 2.32. The zero-order valence-electron chi connectivity index (χ0n) is 21.4. The molecular weight excluding hydrogens is 496 g/mol. The molecule has 12 heteroatoms. The molecule has 0 aromatic heterocycles. The normalized spacial score (nSPS) is 15.8. The van der Waals surface area contributed by atoms with Gasteiger partial charge in [-0.15, -0.1) is 0 Å². The van der Waals surface area contributed by atoms with Crippen molar-refractivity contribution in [1.82, 2.24) is 16.1 Å². The van der Waals surface area contributed by atoms with Gasteiger partial charge in [0.1, 0.15) is 12.4 Å². The van der Waals surface area contributed by atoms with Crippen LogP contribution in [-0.4, -0.2) is 55.8 Å². The first-order valence-corrected chi connectivity index (χ1v) is 11.7. The zero-order chi connectivity index (χ0) is 27.7. The molecule has 0 fully saturated rings. The minimum Gasteiger partial charge on any atom is -0.490 e. The van der Waals surface area contributed by atoms with Gasteiger partial charge in [-0.2, -0.15) is 5.10 Å². The van der Waals surface area contributed by atoms with Gasteiger partial charge in [0.15, 0.2) is 17.7 Å². The van der Waals surface area contributed by atoms with Crippen LogP contribution in [0.25, 0.3) is 0 Å². The van der Waals surface area contributed by atoms with Crippen LogP contribution in [0.15, 0.2) is 58.8 Å². The lowest BCUT2D eigenvalue weighted by atomic mass is 9.95. The fourth-order valence-corrected chi connectivity index (χ4v) is 3.64. The maximum atomic E-state index is 12.4. The minimum atomic E-state index is -1.16. The van der Waals surface area contributed by atoms with Crippen LogP contribution in [0.2, 0.25) is 0 Å². The SMILES string of the molecule is CCOc1cc([C@H]2NC(=O)NC(C)=C2C(=O)OC)ccc1OC[C@H](O)N/N=C/c1cccc(OC(C)=O)c1. The number of hydrogen-bond acceptors (Lipinski definition) is 10. The van der Waals surface area contributed by atoms with Crippen molar-refractivity contribution in [2.45, 2.75) is 33.0 Å². The Bertz CT molecular complexity index is 1240. The van der Waals surface area contributed by atoms with E-state index in [0.29, 0.717) is 40.7 Å². The van der Waals surface area contributed by atoms with Gasteiger partial charge in [-0.25, -0.2) is 9.59 Å². The van der Waals surface area contributed by atoms with Crippen molar-refractivity contribution < 1.29 is 38.4 Å². The Kier molecular flexibility index (Phi) is 9.66. The van der Waals surface area contributed by atoms with Crippen molar-refractivity contribution >= 4 is 24.2 Å². The van der Waals surface area contributed by atoms with Crippen LogP contribution in [0.1, 0.15) is 37.9 Å². The van der Waals surface area contributed by atoms with Gasteiger partial charge in [0.05, 0.1) is 31.5 Å². The smallest absolute Gasteiger partial charge is 0.337 e. The van der Waals surface area contributed by atoms with Gasteiger partial charge in [-0.05, 0) is 49.2 Å². The first-order chi connectivity index (χ1) is 18.2. The number of allylic oxidation sites excluding steroid dienone is 1. The number of carbonyl (C=O) groups excluding carboxylic acids is 3. The van der Waals surface area contributed by atoms with Gasteiger partial charge in [0.2, 0.25) is 0 Å².